The van der Waals surface area contributed by atoms with Gasteiger partial charge in [0.25, 0.3) is 0 Å². The molecule has 64 valence electrons. The molecule has 0 heterocycles. The molecule has 0 aromatic carbocycles. The Hall–Kier alpha value is -0.630. The number of rotatable bonds is 1. The minimum absolute atomic E-state index is 0.443. The number of hydrogen-bond acceptors (Lipinski definition) is 3. The summed E-state index contributed by atoms with van der Waals surface area (Å²) in [6.45, 7) is 0. The highest BCUT2D eigenvalue weighted by atomic mass is 79.9. The monoisotopic (exact) mass is 228 g/mol. The maximum absolute atomic E-state index is 8.77. The van der Waals surface area contributed by atoms with Crippen LogP contribution in [0.4, 0.5) is 0 Å². The number of methoxy groups -OCH3 is 1. The topological polar surface area (TPSA) is 59.0 Å². The first-order valence-electron chi connectivity index (χ1n) is 3.42. The molecule has 0 fully saturated rings. The lowest BCUT2D eigenvalue weighted by molar-refractivity contribution is 0.0178. The van der Waals surface area contributed by atoms with E-state index in [9.17, 15) is 0 Å². The lowest BCUT2D eigenvalue weighted by atomic mass is 9.93. The van der Waals surface area contributed by atoms with Crippen LogP contribution in [0.3, 0.4) is 0 Å². The highest BCUT2D eigenvalue weighted by Crippen LogP contribution is 2.27. The molecule has 4 heteroatoms. The van der Waals surface area contributed by atoms with E-state index in [1.54, 1.807) is 18.2 Å². The summed E-state index contributed by atoms with van der Waals surface area (Å²) in [7, 11) is 1.49. The van der Waals surface area contributed by atoms with Crippen LogP contribution < -0.4 is 5.73 Å². The van der Waals surface area contributed by atoms with Crippen LogP contribution in [0.1, 0.15) is 0 Å². The SMILES string of the molecule is COC1(N)C=CC(Br)=CC1C#N. The van der Waals surface area contributed by atoms with Crippen LogP contribution in [-0.4, -0.2) is 12.8 Å². The maximum atomic E-state index is 8.77. The molecule has 0 spiro atoms. The fourth-order valence-corrected chi connectivity index (χ4v) is 1.39. The van der Waals surface area contributed by atoms with Crippen molar-refractivity contribution >= 4 is 15.9 Å². The van der Waals surface area contributed by atoms with Gasteiger partial charge in [-0.05, 0) is 18.2 Å². The number of ether oxygens (including phenoxy) is 1. The Kier molecular flexibility index (Phi) is 2.68. The number of nitrogens with two attached hydrogens (primary N) is 1. The fourth-order valence-electron chi connectivity index (χ4n) is 0.992. The summed E-state index contributed by atoms with van der Waals surface area (Å²) >= 11 is 3.26. The number of hydrogen-bond donors (Lipinski definition) is 1. The van der Waals surface area contributed by atoms with Crippen LogP contribution in [0.15, 0.2) is 22.7 Å². The van der Waals surface area contributed by atoms with Crippen LogP contribution in [-0.2, 0) is 4.74 Å². The van der Waals surface area contributed by atoms with Crippen molar-refractivity contribution < 1.29 is 4.74 Å². The molecule has 1 aliphatic carbocycles. The van der Waals surface area contributed by atoms with Crippen LogP contribution in [0, 0.1) is 17.2 Å². The molecule has 3 nitrogen and oxygen atoms in total. The van der Waals surface area contributed by atoms with Crippen molar-refractivity contribution in [2.75, 3.05) is 7.11 Å². The molecule has 1 aliphatic rings. The van der Waals surface area contributed by atoms with E-state index in [4.69, 9.17) is 15.7 Å². The third-order valence-electron chi connectivity index (χ3n) is 1.81. The van der Waals surface area contributed by atoms with Gasteiger partial charge >= 0.3 is 0 Å². The van der Waals surface area contributed by atoms with E-state index in [0.717, 1.165) is 4.48 Å². The third-order valence-corrected chi connectivity index (χ3v) is 2.34. The van der Waals surface area contributed by atoms with Gasteiger partial charge in [-0.25, -0.2) is 0 Å². The van der Waals surface area contributed by atoms with Crippen LogP contribution in [0.5, 0.6) is 0 Å². The zero-order valence-electron chi connectivity index (χ0n) is 6.62. The second-order valence-electron chi connectivity index (χ2n) is 2.55. The standard InChI is InChI=1S/C8H9BrN2O/c1-12-8(11)3-2-7(9)4-6(8)5-10/h2-4,6H,11H2,1H3. The minimum Gasteiger partial charge on any atom is -0.359 e. The molecular formula is C8H9BrN2O. The van der Waals surface area contributed by atoms with Crippen molar-refractivity contribution in [1.82, 2.24) is 0 Å². The van der Waals surface area contributed by atoms with E-state index < -0.39 is 11.6 Å². The van der Waals surface area contributed by atoms with E-state index in [0.29, 0.717) is 0 Å². The average Bonchev–Trinajstić information content (AvgIpc) is 2.09. The summed E-state index contributed by atoms with van der Waals surface area (Å²) in [6.07, 6.45) is 5.17. The molecule has 2 atom stereocenters. The quantitative estimate of drug-likeness (QED) is 0.689. The molecule has 0 aliphatic heterocycles. The van der Waals surface area contributed by atoms with E-state index >= 15 is 0 Å². The lowest BCUT2D eigenvalue weighted by Gasteiger charge is -2.29. The van der Waals surface area contributed by atoms with Crippen molar-refractivity contribution in [2.45, 2.75) is 5.72 Å². The highest BCUT2D eigenvalue weighted by molar-refractivity contribution is 9.11. The van der Waals surface area contributed by atoms with Crippen molar-refractivity contribution in [3.05, 3.63) is 22.7 Å². The Morgan fingerprint density at radius 3 is 3.00 bits per heavy atom. The van der Waals surface area contributed by atoms with Crippen LogP contribution in [0.2, 0.25) is 0 Å². The second kappa shape index (κ2) is 3.40. The van der Waals surface area contributed by atoms with Gasteiger partial charge in [-0.2, -0.15) is 5.26 Å². The average molecular weight is 229 g/mol. The molecule has 0 aromatic rings. The molecule has 2 unspecified atom stereocenters. The Labute approximate surface area is 79.6 Å². The highest BCUT2D eigenvalue weighted by Gasteiger charge is 2.33. The smallest absolute Gasteiger partial charge is 0.155 e. The number of halogens is 1. The first-order valence-corrected chi connectivity index (χ1v) is 4.22. The first-order chi connectivity index (χ1) is 5.62. The van der Waals surface area contributed by atoms with Gasteiger partial charge in [0.1, 0.15) is 5.92 Å². The molecular weight excluding hydrogens is 220 g/mol. The molecule has 0 saturated carbocycles. The van der Waals surface area contributed by atoms with E-state index in [1.807, 2.05) is 0 Å². The van der Waals surface area contributed by atoms with Gasteiger partial charge in [0.2, 0.25) is 0 Å². The lowest BCUT2D eigenvalue weighted by Crippen LogP contribution is -2.47. The largest absolute Gasteiger partial charge is 0.359 e. The molecule has 0 aromatic heterocycles. The van der Waals surface area contributed by atoms with E-state index in [1.165, 1.54) is 7.11 Å². The van der Waals surface area contributed by atoms with Gasteiger partial charge in [0.15, 0.2) is 5.72 Å². The van der Waals surface area contributed by atoms with Gasteiger partial charge < -0.3 is 4.74 Å². The van der Waals surface area contributed by atoms with Gasteiger partial charge in [-0.3, -0.25) is 5.73 Å². The van der Waals surface area contributed by atoms with Crippen molar-refractivity contribution in [3.8, 4) is 6.07 Å². The van der Waals surface area contributed by atoms with E-state index in [-0.39, 0.29) is 0 Å². The molecule has 2 N–H and O–H groups in total. The first kappa shape index (κ1) is 9.46. The second-order valence-corrected chi connectivity index (χ2v) is 3.47. The molecule has 12 heavy (non-hydrogen) atoms. The predicted octanol–water partition coefficient (Wildman–Crippen LogP) is 1.28. The van der Waals surface area contributed by atoms with Crippen molar-refractivity contribution in [3.63, 3.8) is 0 Å². The van der Waals surface area contributed by atoms with Crippen molar-refractivity contribution in [1.29, 1.82) is 5.26 Å². The number of allylic oxidation sites excluding steroid dienone is 2. The zero-order chi connectivity index (χ0) is 9.19. The molecule has 1 rings (SSSR count). The van der Waals surface area contributed by atoms with Crippen molar-refractivity contribution in [2.24, 2.45) is 11.7 Å². The minimum atomic E-state index is -0.980. The van der Waals surface area contributed by atoms with Crippen LogP contribution in [0.25, 0.3) is 0 Å². The molecule has 0 amide bonds. The van der Waals surface area contributed by atoms with E-state index in [2.05, 4.69) is 22.0 Å². The van der Waals surface area contributed by atoms with Gasteiger partial charge in [-0.1, -0.05) is 15.9 Å². The van der Waals surface area contributed by atoms with Gasteiger partial charge in [0.05, 0.1) is 6.07 Å². The zero-order valence-corrected chi connectivity index (χ0v) is 8.21. The summed E-state index contributed by atoms with van der Waals surface area (Å²) in [5.41, 5.74) is 4.80. The Morgan fingerprint density at radius 2 is 2.50 bits per heavy atom. The maximum Gasteiger partial charge on any atom is 0.155 e. The summed E-state index contributed by atoms with van der Waals surface area (Å²) in [6, 6.07) is 2.07. The Morgan fingerprint density at radius 1 is 1.83 bits per heavy atom. The molecule has 0 saturated heterocycles. The number of nitriles is 1. The predicted molar refractivity (Wildman–Crippen MR) is 49.2 cm³/mol. The number of nitrogens with zero attached hydrogens (tertiary/aromatic N) is 1. The summed E-state index contributed by atoms with van der Waals surface area (Å²) in [5.74, 6) is -0.443. The van der Waals surface area contributed by atoms with Gasteiger partial charge in [0, 0.05) is 11.6 Å². The Balaban J connectivity index is 2.96. The fraction of sp³-hybridized carbons (Fsp3) is 0.375. The summed E-state index contributed by atoms with van der Waals surface area (Å²) in [5, 5.41) is 8.77. The third kappa shape index (κ3) is 1.58. The Bertz CT molecular complexity index is 279. The van der Waals surface area contributed by atoms with Crippen LogP contribution >= 0.6 is 15.9 Å². The van der Waals surface area contributed by atoms with Gasteiger partial charge in [-0.15, -0.1) is 0 Å². The normalized spacial score (nSPS) is 34.2. The summed E-state index contributed by atoms with van der Waals surface area (Å²) < 4.78 is 5.89. The molecule has 0 bridgehead atoms. The summed E-state index contributed by atoms with van der Waals surface area (Å²) in [4.78, 5) is 0. The molecule has 0 radical (unpaired) electrons.